The number of aryl methyl sites for hydroxylation is 1. The van der Waals surface area contributed by atoms with Crippen LogP contribution in [-0.2, 0) is 24.3 Å². The van der Waals surface area contributed by atoms with Crippen LogP contribution >= 0.6 is 11.3 Å². The van der Waals surface area contributed by atoms with Gasteiger partial charge in [0.2, 0.25) is 0 Å². The first kappa shape index (κ1) is 18.5. The predicted octanol–water partition coefficient (Wildman–Crippen LogP) is 3.50. The first-order valence-electron chi connectivity index (χ1n) is 8.20. The molecule has 2 aromatic rings. The van der Waals surface area contributed by atoms with Crippen molar-refractivity contribution in [2.24, 2.45) is 4.99 Å². The molecule has 0 aliphatic rings. The van der Waals surface area contributed by atoms with Gasteiger partial charge < -0.3 is 15.4 Å². The third-order valence-electron chi connectivity index (χ3n) is 3.67. The lowest BCUT2D eigenvalue weighted by Gasteiger charge is -2.17. The molecule has 0 saturated heterocycles. The van der Waals surface area contributed by atoms with Gasteiger partial charge in [0, 0.05) is 42.9 Å². The fourth-order valence-corrected chi connectivity index (χ4v) is 3.58. The number of hydrogen-bond acceptors (Lipinski definition) is 3. The Labute approximate surface area is 149 Å². The van der Waals surface area contributed by atoms with Gasteiger partial charge >= 0.3 is 0 Å². The molecular weight excluding hydrogens is 318 g/mol. The lowest BCUT2D eigenvalue weighted by Crippen LogP contribution is -2.42. The second-order valence-corrected chi connectivity index (χ2v) is 7.31. The molecule has 130 valence electrons. The molecule has 0 saturated carbocycles. The molecule has 0 spiro atoms. The van der Waals surface area contributed by atoms with Gasteiger partial charge in [0.05, 0.1) is 6.61 Å². The third kappa shape index (κ3) is 5.98. The number of thiophene rings is 1. The minimum absolute atomic E-state index is 0.328. The predicted molar refractivity (Wildman–Crippen MR) is 103 cm³/mol. The van der Waals surface area contributed by atoms with Crippen LogP contribution in [-0.4, -0.2) is 26.2 Å². The summed E-state index contributed by atoms with van der Waals surface area (Å²) in [6.07, 6.45) is 1.00. The lowest BCUT2D eigenvalue weighted by atomic mass is 10.1. The quantitative estimate of drug-likeness (QED) is 0.596. The number of benzene rings is 1. The van der Waals surface area contributed by atoms with Gasteiger partial charge in [-0.2, -0.15) is 0 Å². The summed E-state index contributed by atoms with van der Waals surface area (Å²) in [7, 11) is 3.52. The van der Waals surface area contributed by atoms with Crippen molar-refractivity contribution in [3.8, 4) is 0 Å². The van der Waals surface area contributed by atoms with Crippen LogP contribution in [0.4, 0.5) is 0 Å². The Bertz CT molecular complexity index is 666. The molecule has 2 rings (SSSR count). The van der Waals surface area contributed by atoms with E-state index in [1.165, 1.54) is 20.9 Å². The van der Waals surface area contributed by atoms with E-state index < -0.39 is 0 Å². The summed E-state index contributed by atoms with van der Waals surface area (Å²) < 4.78 is 5.19. The van der Waals surface area contributed by atoms with Crippen molar-refractivity contribution >= 4 is 17.3 Å². The van der Waals surface area contributed by atoms with Crippen LogP contribution in [0.1, 0.15) is 27.8 Å². The number of nitrogens with one attached hydrogen (secondary N) is 2. The van der Waals surface area contributed by atoms with Gasteiger partial charge in [-0.25, -0.2) is 0 Å². The zero-order valence-corrected chi connectivity index (χ0v) is 15.7. The highest BCUT2D eigenvalue weighted by Crippen LogP contribution is 2.16. The third-order valence-corrected chi connectivity index (χ3v) is 4.70. The summed E-state index contributed by atoms with van der Waals surface area (Å²) in [5.74, 6) is 0.827. The standard InChI is InChI=1S/C19H27N3OS/c1-14(10-18-9-8-15(2)24-18)22-19(20-3)21-12-16-6-5-7-17(11-16)13-23-4/h5-9,11,14H,10,12-13H2,1-4H3,(H2,20,21,22). The smallest absolute Gasteiger partial charge is 0.191 e. The molecule has 4 nitrogen and oxygen atoms in total. The Kier molecular flexibility index (Phi) is 7.28. The van der Waals surface area contributed by atoms with Crippen LogP contribution < -0.4 is 10.6 Å². The van der Waals surface area contributed by atoms with Crippen molar-refractivity contribution < 1.29 is 4.74 Å². The second kappa shape index (κ2) is 9.45. The maximum Gasteiger partial charge on any atom is 0.191 e. The molecule has 0 bridgehead atoms. The van der Waals surface area contributed by atoms with Crippen molar-refractivity contribution in [3.63, 3.8) is 0 Å². The van der Waals surface area contributed by atoms with Crippen molar-refractivity contribution in [1.29, 1.82) is 0 Å². The van der Waals surface area contributed by atoms with Gasteiger partial charge in [0.25, 0.3) is 0 Å². The largest absolute Gasteiger partial charge is 0.380 e. The van der Waals surface area contributed by atoms with E-state index in [0.29, 0.717) is 12.6 Å². The lowest BCUT2D eigenvalue weighted by molar-refractivity contribution is 0.185. The molecule has 24 heavy (non-hydrogen) atoms. The minimum atomic E-state index is 0.328. The molecule has 0 aliphatic heterocycles. The summed E-state index contributed by atoms with van der Waals surface area (Å²) in [4.78, 5) is 7.08. The normalized spacial score (nSPS) is 12.9. The van der Waals surface area contributed by atoms with E-state index >= 15 is 0 Å². The van der Waals surface area contributed by atoms with Crippen molar-refractivity contribution in [1.82, 2.24) is 10.6 Å². The topological polar surface area (TPSA) is 45.7 Å². The number of ether oxygens (including phenoxy) is 1. The maximum absolute atomic E-state index is 5.19. The minimum Gasteiger partial charge on any atom is -0.380 e. The fourth-order valence-electron chi connectivity index (χ4n) is 2.56. The van der Waals surface area contributed by atoms with Gasteiger partial charge in [-0.05, 0) is 37.1 Å². The number of hydrogen-bond donors (Lipinski definition) is 2. The number of guanidine groups is 1. The van der Waals surface area contributed by atoms with E-state index in [1.807, 2.05) is 11.3 Å². The Morgan fingerprint density at radius 2 is 2.04 bits per heavy atom. The molecule has 1 aromatic carbocycles. The summed E-state index contributed by atoms with van der Waals surface area (Å²) in [5.41, 5.74) is 2.40. The zero-order chi connectivity index (χ0) is 17.4. The average molecular weight is 346 g/mol. The highest BCUT2D eigenvalue weighted by Gasteiger charge is 2.08. The number of aliphatic imine (C=N–C) groups is 1. The van der Waals surface area contributed by atoms with Crippen LogP contribution in [0.25, 0.3) is 0 Å². The first-order valence-corrected chi connectivity index (χ1v) is 9.01. The van der Waals surface area contributed by atoms with Crippen LogP contribution in [0.15, 0.2) is 41.4 Å². The zero-order valence-electron chi connectivity index (χ0n) is 14.9. The summed E-state index contributed by atoms with van der Waals surface area (Å²) in [6, 6.07) is 13.1. The van der Waals surface area contributed by atoms with E-state index in [9.17, 15) is 0 Å². The first-order chi connectivity index (χ1) is 11.6. The summed E-state index contributed by atoms with van der Waals surface area (Å²) in [6.45, 7) is 5.70. The highest BCUT2D eigenvalue weighted by atomic mass is 32.1. The molecule has 1 heterocycles. The molecular formula is C19H27N3OS. The fraction of sp³-hybridized carbons (Fsp3) is 0.421. The average Bonchev–Trinajstić information content (AvgIpc) is 2.97. The molecule has 1 atom stereocenters. The van der Waals surface area contributed by atoms with Gasteiger partial charge in [-0.15, -0.1) is 11.3 Å². The van der Waals surface area contributed by atoms with E-state index in [-0.39, 0.29) is 0 Å². The summed E-state index contributed by atoms with van der Waals surface area (Å²) >= 11 is 1.86. The van der Waals surface area contributed by atoms with Gasteiger partial charge in [-0.1, -0.05) is 24.3 Å². The molecule has 1 unspecified atom stereocenters. The van der Waals surface area contributed by atoms with E-state index in [4.69, 9.17) is 4.74 Å². The van der Waals surface area contributed by atoms with E-state index in [2.05, 4.69) is 65.9 Å². The van der Waals surface area contributed by atoms with Crippen LogP contribution in [0.3, 0.4) is 0 Å². The van der Waals surface area contributed by atoms with Crippen LogP contribution in [0, 0.1) is 6.92 Å². The van der Waals surface area contributed by atoms with Crippen molar-refractivity contribution in [3.05, 3.63) is 57.3 Å². The highest BCUT2D eigenvalue weighted by molar-refractivity contribution is 7.11. The Morgan fingerprint density at radius 1 is 1.25 bits per heavy atom. The molecule has 5 heteroatoms. The van der Waals surface area contributed by atoms with Crippen LogP contribution in [0.2, 0.25) is 0 Å². The monoisotopic (exact) mass is 345 g/mol. The van der Waals surface area contributed by atoms with Crippen molar-refractivity contribution in [2.75, 3.05) is 14.2 Å². The summed E-state index contributed by atoms with van der Waals surface area (Å²) in [5, 5.41) is 6.83. The molecule has 0 amide bonds. The molecule has 0 aliphatic carbocycles. The Balaban J connectivity index is 1.84. The van der Waals surface area contributed by atoms with E-state index in [1.54, 1.807) is 14.2 Å². The van der Waals surface area contributed by atoms with Gasteiger partial charge in [0.15, 0.2) is 5.96 Å². The second-order valence-electron chi connectivity index (χ2n) is 5.94. The number of rotatable bonds is 7. The molecule has 2 N–H and O–H groups in total. The SMILES string of the molecule is CN=C(NCc1cccc(COC)c1)NC(C)Cc1ccc(C)s1. The van der Waals surface area contributed by atoms with Gasteiger partial charge in [-0.3, -0.25) is 4.99 Å². The van der Waals surface area contributed by atoms with Crippen LogP contribution in [0.5, 0.6) is 0 Å². The number of nitrogens with zero attached hydrogens (tertiary/aromatic N) is 1. The molecule has 0 fully saturated rings. The molecule has 0 radical (unpaired) electrons. The maximum atomic E-state index is 5.19. The van der Waals surface area contributed by atoms with Gasteiger partial charge in [0.1, 0.15) is 0 Å². The Hall–Kier alpha value is -1.85. The molecule has 1 aromatic heterocycles. The number of methoxy groups -OCH3 is 1. The Morgan fingerprint density at radius 3 is 2.71 bits per heavy atom. The van der Waals surface area contributed by atoms with E-state index in [0.717, 1.165) is 18.9 Å². The van der Waals surface area contributed by atoms with Crippen molar-refractivity contribution in [2.45, 2.75) is 39.5 Å².